The number of amides is 3. The lowest BCUT2D eigenvalue weighted by Gasteiger charge is -2.63. The molecule has 37 heavy (non-hydrogen) atoms. The van der Waals surface area contributed by atoms with Crippen molar-refractivity contribution in [1.29, 1.82) is 0 Å². The number of likely N-dealkylation sites (tertiary alicyclic amines) is 1. The van der Waals surface area contributed by atoms with Crippen LogP contribution in [-0.2, 0) is 16.1 Å². The molecule has 0 aromatic heterocycles. The van der Waals surface area contributed by atoms with E-state index in [1.807, 2.05) is 12.1 Å². The molecule has 4 rings (SSSR count). The second-order valence-electron chi connectivity index (χ2n) is 10.9. The highest BCUT2D eigenvalue weighted by Crippen LogP contribution is 2.52. The van der Waals surface area contributed by atoms with Gasteiger partial charge in [0.05, 0.1) is 12.1 Å². The summed E-state index contributed by atoms with van der Waals surface area (Å²) in [6.45, 7) is 11.6. The molecule has 2 aromatic rings. The van der Waals surface area contributed by atoms with Crippen LogP contribution in [0.4, 0.5) is 4.79 Å². The van der Waals surface area contributed by atoms with Crippen LogP contribution in [0.5, 0.6) is 0 Å². The number of rotatable bonds is 8. The van der Waals surface area contributed by atoms with Crippen molar-refractivity contribution >= 4 is 17.9 Å². The van der Waals surface area contributed by atoms with Gasteiger partial charge in [0.2, 0.25) is 0 Å². The average molecular weight is 506 g/mol. The van der Waals surface area contributed by atoms with E-state index in [1.54, 1.807) is 24.3 Å². The molecule has 2 aliphatic heterocycles. The Morgan fingerprint density at radius 1 is 1.00 bits per heavy atom. The monoisotopic (exact) mass is 505 g/mol. The quantitative estimate of drug-likeness (QED) is 0.403. The number of carbonyl (C=O) groups is 3. The van der Waals surface area contributed by atoms with Gasteiger partial charge in [-0.3, -0.25) is 14.6 Å². The van der Waals surface area contributed by atoms with Crippen LogP contribution < -0.4 is 5.32 Å². The van der Waals surface area contributed by atoms with Crippen molar-refractivity contribution < 1.29 is 19.1 Å². The molecule has 4 atom stereocenters. The molecule has 4 unspecified atom stereocenters. The largest absolute Gasteiger partial charge is 0.460 e. The molecule has 198 valence electrons. The summed E-state index contributed by atoms with van der Waals surface area (Å²) in [5.41, 5.74) is 0.00812. The molecule has 0 radical (unpaired) electrons. The third-order valence-electron chi connectivity index (χ3n) is 9.02. The predicted octanol–water partition coefficient (Wildman–Crippen LogP) is 5.01. The van der Waals surface area contributed by atoms with E-state index in [9.17, 15) is 14.4 Å². The molecule has 0 saturated carbocycles. The molecule has 7 nitrogen and oxygen atoms in total. The van der Waals surface area contributed by atoms with Crippen LogP contribution in [0.2, 0.25) is 0 Å². The number of hydrogen-bond acceptors (Lipinski definition) is 5. The number of benzene rings is 2. The van der Waals surface area contributed by atoms with E-state index >= 15 is 0 Å². The van der Waals surface area contributed by atoms with Gasteiger partial charge in [0, 0.05) is 23.5 Å². The summed E-state index contributed by atoms with van der Waals surface area (Å²) in [7, 11) is 0. The second-order valence-corrected chi connectivity index (χ2v) is 10.9. The molecular weight excluding hydrogens is 466 g/mol. The van der Waals surface area contributed by atoms with E-state index < -0.39 is 17.5 Å². The van der Waals surface area contributed by atoms with E-state index in [4.69, 9.17) is 4.74 Å². The number of hydrogen-bond donors (Lipinski definition) is 1. The Morgan fingerprint density at radius 3 is 2.22 bits per heavy atom. The Hall–Kier alpha value is -3.19. The topological polar surface area (TPSA) is 79.0 Å². The van der Waals surface area contributed by atoms with Crippen LogP contribution in [0.3, 0.4) is 0 Å². The standard InChI is InChI=1S/C30H39N3O4/c1-6-28(4)21-30(22(3)29(5,7-2)33(28)20-23-14-10-8-11-15-23)26(35)32(27(36)31-30)18-19-37-25(34)24-16-12-9-13-17-24/h8-17,22H,6-7,18-21H2,1-5H3,(H,31,36). The zero-order chi connectivity index (χ0) is 26.8. The number of ether oxygens (including phenoxy) is 1. The Morgan fingerprint density at radius 2 is 1.62 bits per heavy atom. The Bertz CT molecular complexity index is 1140. The van der Waals surface area contributed by atoms with Crippen LogP contribution >= 0.6 is 0 Å². The smallest absolute Gasteiger partial charge is 0.338 e. The lowest BCUT2D eigenvalue weighted by Crippen LogP contribution is -2.75. The maximum absolute atomic E-state index is 14.0. The molecule has 3 amide bonds. The molecule has 2 aliphatic rings. The summed E-state index contributed by atoms with van der Waals surface area (Å²) in [6, 6.07) is 18.7. The van der Waals surface area contributed by atoms with Gasteiger partial charge < -0.3 is 10.1 Å². The maximum atomic E-state index is 14.0. The third-order valence-corrected chi connectivity index (χ3v) is 9.02. The minimum atomic E-state index is -1.01. The summed E-state index contributed by atoms with van der Waals surface area (Å²) in [5, 5.41) is 3.12. The molecule has 1 spiro atoms. The van der Waals surface area contributed by atoms with Gasteiger partial charge in [0.15, 0.2) is 0 Å². The van der Waals surface area contributed by atoms with E-state index in [0.717, 1.165) is 19.4 Å². The number of esters is 1. The molecule has 2 saturated heterocycles. The van der Waals surface area contributed by atoms with Crippen molar-refractivity contribution in [3.05, 3.63) is 71.8 Å². The van der Waals surface area contributed by atoms with Crippen LogP contribution in [0.1, 0.15) is 69.8 Å². The van der Waals surface area contributed by atoms with Gasteiger partial charge in [-0.1, -0.05) is 69.3 Å². The van der Waals surface area contributed by atoms with Crippen LogP contribution in [-0.4, -0.2) is 57.5 Å². The minimum Gasteiger partial charge on any atom is -0.460 e. The lowest BCUT2D eigenvalue weighted by atomic mass is 9.59. The van der Waals surface area contributed by atoms with Crippen LogP contribution in [0, 0.1) is 5.92 Å². The van der Waals surface area contributed by atoms with Gasteiger partial charge in [-0.2, -0.15) is 0 Å². The fraction of sp³-hybridized carbons (Fsp3) is 0.500. The molecule has 7 heteroatoms. The first-order valence-electron chi connectivity index (χ1n) is 13.3. The van der Waals surface area contributed by atoms with Crippen molar-refractivity contribution in [3.8, 4) is 0 Å². The number of carbonyl (C=O) groups excluding carboxylic acids is 3. The first-order chi connectivity index (χ1) is 17.6. The predicted molar refractivity (Wildman–Crippen MR) is 143 cm³/mol. The zero-order valence-corrected chi connectivity index (χ0v) is 22.6. The van der Waals surface area contributed by atoms with Crippen molar-refractivity contribution in [1.82, 2.24) is 15.1 Å². The van der Waals surface area contributed by atoms with E-state index in [-0.39, 0.29) is 36.1 Å². The zero-order valence-electron chi connectivity index (χ0n) is 22.6. The summed E-state index contributed by atoms with van der Waals surface area (Å²) in [6.07, 6.45) is 2.18. The highest BCUT2D eigenvalue weighted by Gasteiger charge is 2.66. The highest BCUT2D eigenvalue weighted by molar-refractivity contribution is 6.07. The summed E-state index contributed by atoms with van der Waals surface area (Å²) in [4.78, 5) is 43.3. The third kappa shape index (κ3) is 4.65. The molecule has 2 heterocycles. The summed E-state index contributed by atoms with van der Waals surface area (Å²) < 4.78 is 5.38. The van der Waals surface area contributed by atoms with Gasteiger partial charge in [0.25, 0.3) is 5.91 Å². The van der Waals surface area contributed by atoms with Crippen LogP contribution in [0.25, 0.3) is 0 Å². The summed E-state index contributed by atoms with van der Waals surface area (Å²) >= 11 is 0. The first-order valence-corrected chi connectivity index (χ1v) is 13.3. The average Bonchev–Trinajstić information content (AvgIpc) is 3.15. The van der Waals surface area contributed by atoms with Crippen molar-refractivity contribution in [2.75, 3.05) is 13.2 Å². The minimum absolute atomic E-state index is 0.0249. The van der Waals surface area contributed by atoms with Gasteiger partial charge in [-0.15, -0.1) is 0 Å². The Balaban J connectivity index is 1.56. The first kappa shape index (κ1) is 26.9. The molecule has 0 aliphatic carbocycles. The fourth-order valence-electron chi connectivity index (χ4n) is 6.33. The number of nitrogens with zero attached hydrogens (tertiary/aromatic N) is 2. The van der Waals surface area contributed by atoms with Crippen LogP contribution in [0.15, 0.2) is 60.7 Å². The summed E-state index contributed by atoms with van der Waals surface area (Å²) in [5.74, 6) is -0.830. The molecular formula is C30H39N3O4. The molecule has 1 N–H and O–H groups in total. The van der Waals surface area contributed by atoms with Crippen molar-refractivity contribution in [3.63, 3.8) is 0 Å². The van der Waals surface area contributed by atoms with E-state index in [1.165, 1.54) is 10.5 Å². The van der Waals surface area contributed by atoms with E-state index in [2.05, 4.69) is 69.1 Å². The molecule has 2 fully saturated rings. The van der Waals surface area contributed by atoms with Gasteiger partial charge in [-0.05, 0) is 50.8 Å². The normalized spacial score (nSPS) is 30.0. The van der Waals surface area contributed by atoms with Crippen molar-refractivity contribution in [2.24, 2.45) is 5.92 Å². The fourth-order valence-corrected chi connectivity index (χ4v) is 6.33. The molecule has 2 aromatic carbocycles. The Labute approximate surface area is 220 Å². The molecule has 0 bridgehead atoms. The highest BCUT2D eigenvalue weighted by atomic mass is 16.5. The van der Waals surface area contributed by atoms with E-state index in [0.29, 0.717) is 12.0 Å². The van der Waals surface area contributed by atoms with Gasteiger partial charge in [0.1, 0.15) is 12.1 Å². The maximum Gasteiger partial charge on any atom is 0.338 e. The van der Waals surface area contributed by atoms with Crippen molar-refractivity contribution in [2.45, 2.75) is 77.0 Å². The lowest BCUT2D eigenvalue weighted by molar-refractivity contribution is -0.157. The number of urea groups is 1. The van der Waals surface area contributed by atoms with Gasteiger partial charge in [-0.25, -0.2) is 9.59 Å². The number of nitrogens with one attached hydrogen (secondary N) is 1. The van der Waals surface area contributed by atoms with Gasteiger partial charge >= 0.3 is 12.0 Å². The number of imide groups is 1. The Kier molecular flexibility index (Phi) is 7.47. The SMILES string of the molecule is CCC1(C)CC2(NC(=O)N(CCOC(=O)c3ccccc3)C2=O)C(C)C(C)(CC)N1Cc1ccccc1. The second kappa shape index (κ2) is 10.3. The number of piperidine rings is 1.